The Bertz CT molecular complexity index is 936. The standard InChI is InChI=1S/C28H42O7/c1-14(2)9-8-10-15(3)20-12-11-16(4)22-21(20)13-17(5)26(24(22)31)35-28-27(34-19(7)29)25(32)23(30)18(6)33-28/h9,13,15-16,18,20,23,25,27-28,30-32H,8,10-12H2,1-7H3/t15-,16-,18-,20+,23+,25+,27-,28-/m0/s1. The molecule has 0 unspecified atom stereocenters. The number of carbonyl (C=O) groups excluding carboxylic acids is 1. The van der Waals surface area contributed by atoms with Crippen molar-refractivity contribution >= 4 is 5.97 Å². The van der Waals surface area contributed by atoms with Crippen LogP contribution in [0.3, 0.4) is 0 Å². The number of aryl methyl sites for hydroxylation is 1. The van der Waals surface area contributed by atoms with Crippen molar-refractivity contribution in [3.63, 3.8) is 0 Å². The van der Waals surface area contributed by atoms with E-state index in [0.29, 0.717) is 11.8 Å². The number of carbonyl (C=O) groups is 1. The lowest BCUT2D eigenvalue weighted by Crippen LogP contribution is -2.59. The molecule has 1 saturated heterocycles. The Balaban J connectivity index is 1.93. The monoisotopic (exact) mass is 490 g/mol. The lowest BCUT2D eigenvalue weighted by atomic mass is 9.70. The maximum absolute atomic E-state index is 11.6. The van der Waals surface area contributed by atoms with E-state index in [-0.39, 0.29) is 17.4 Å². The van der Waals surface area contributed by atoms with Gasteiger partial charge in [0.05, 0.1) is 6.10 Å². The molecule has 0 spiro atoms. The Hall–Kier alpha value is -2.09. The van der Waals surface area contributed by atoms with Crippen LogP contribution in [0.5, 0.6) is 11.5 Å². The van der Waals surface area contributed by atoms with Gasteiger partial charge in [-0.2, -0.15) is 0 Å². The summed E-state index contributed by atoms with van der Waals surface area (Å²) in [5.74, 6) is 0.686. The van der Waals surface area contributed by atoms with Crippen LogP contribution < -0.4 is 4.74 Å². The van der Waals surface area contributed by atoms with Gasteiger partial charge in [-0.1, -0.05) is 31.6 Å². The third kappa shape index (κ3) is 6.01. The van der Waals surface area contributed by atoms with Crippen LogP contribution in [-0.2, 0) is 14.3 Å². The van der Waals surface area contributed by atoms with Gasteiger partial charge in [0.15, 0.2) is 17.6 Å². The van der Waals surface area contributed by atoms with Gasteiger partial charge in [0.25, 0.3) is 0 Å². The van der Waals surface area contributed by atoms with Gasteiger partial charge >= 0.3 is 5.97 Å². The quantitative estimate of drug-likeness (QED) is 0.371. The molecule has 1 aliphatic carbocycles. The molecule has 0 saturated carbocycles. The summed E-state index contributed by atoms with van der Waals surface area (Å²) in [6, 6.07) is 2.10. The van der Waals surface area contributed by atoms with Crippen LogP contribution >= 0.6 is 0 Å². The van der Waals surface area contributed by atoms with E-state index in [4.69, 9.17) is 14.2 Å². The first-order valence-corrected chi connectivity index (χ1v) is 12.8. The molecule has 1 aliphatic heterocycles. The predicted molar refractivity (Wildman–Crippen MR) is 134 cm³/mol. The van der Waals surface area contributed by atoms with E-state index < -0.39 is 36.7 Å². The van der Waals surface area contributed by atoms with Crippen molar-refractivity contribution in [3.8, 4) is 11.5 Å². The molecular weight excluding hydrogens is 448 g/mol. The average molecular weight is 491 g/mol. The first kappa shape index (κ1) is 27.5. The summed E-state index contributed by atoms with van der Waals surface area (Å²) < 4.78 is 17.1. The number of phenols is 1. The summed E-state index contributed by atoms with van der Waals surface area (Å²) in [7, 11) is 0. The van der Waals surface area contributed by atoms with Crippen LogP contribution in [0.4, 0.5) is 0 Å². The summed E-state index contributed by atoms with van der Waals surface area (Å²) in [5.41, 5.74) is 4.13. The summed E-state index contributed by atoms with van der Waals surface area (Å²) in [6.07, 6.45) is 0.694. The van der Waals surface area contributed by atoms with Crippen molar-refractivity contribution in [1.29, 1.82) is 0 Å². The van der Waals surface area contributed by atoms with Crippen LogP contribution in [-0.4, -0.2) is 52.0 Å². The molecule has 3 N–H and O–H groups in total. The van der Waals surface area contributed by atoms with Crippen LogP contribution in [0.1, 0.15) is 95.8 Å². The van der Waals surface area contributed by atoms with Crippen LogP contribution in [0.15, 0.2) is 17.7 Å². The predicted octanol–water partition coefficient (Wildman–Crippen LogP) is 4.84. The maximum Gasteiger partial charge on any atom is 0.303 e. The number of benzene rings is 1. The van der Waals surface area contributed by atoms with Gasteiger partial charge in [0.1, 0.15) is 12.2 Å². The molecule has 0 radical (unpaired) electrons. The second-order valence-corrected chi connectivity index (χ2v) is 10.7. The molecule has 0 amide bonds. The minimum absolute atomic E-state index is 0.0761. The molecule has 2 aliphatic rings. The number of phenolic OH excluding ortho intramolecular Hbond substituents is 1. The third-order valence-corrected chi connectivity index (χ3v) is 7.50. The van der Waals surface area contributed by atoms with E-state index in [1.807, 2.05) is 6.92 Å². The van der Waals surface area contributed by atoms with Gasteiger partial charge < -0.3 is 29.5 Å². The molecule has 1 fully saturated rings. The summed E-state index contributed by atoms with van der Waals surface area (Å²) in [6.45, 7) is 13.3. The molecule has 0 aromatic heterocycles. The fourth-order valence-corrected chi connectivity index (χ4v) is 5.48. The zero-order valence-electron chi connectivity index (χ0n) is 22.1. The summed E-state index contributed by atoms with van der Waals surface area (Å²) in [5, 5.41) is 32.1. The van der Waals surface area contributed by atoms with E-state index in [1.54, 1.807) is 6.92 Å². The van der Waals surface area contributed by atoms with Crippen molar-refractivity contribution < 1.29 is 34.3 Å². The highest BCUT2D eigenvalue weighted by molar-refractivity contribution is 5.66. The number of rotatable bonds is 7. The van der Waals surface area contributed by atoms with Crippen LogP contribution in [0, 0.1) is 12.8 Å². The molecule has 0 bridgehead atoms. The van der Waals surface area contributed by atoms with Gasteiger partial charge in [-0.15, -0.1) is 0 Å². The molecule has 1 aromatic rings. The van der Waals surface area contributed by atoms with Crippen LogP contribution in [0.2, 0.25) is 0 Å². The number of fused-ring (bicyclic) bond motifs is 1. The molecule has 7 heteroatoms. The van der Waals surface area contributed by atoms with E-state index in [9.17, 15) is 20.1 Å². The molecule has 35 heavy (non-hydrogen) atoms. The first-order valence-electron chi connectivity index (χ1n) is 12.8. The molecule has 1 aromatic carbocycles. The number of hydrogen-bond donors (Lipinski definition) is 3. The number of esters is 1. The molecule has 7 nitrogen and oxygen atoms in total. The second kappa shape index (κ2) is 11.3. The summed E-state index contributed by atoms with van der Waals surface area (Å²) >= 11 is 0. The Labute approximate surface area is 209 Å². The van der Waals surface area contributed by atoms with Gasteiger partial charge in [0.2, 0.25) is 6.29 Å². The maximum atomic E-state index is 11.6. The first-order chi connectivity index (χ1) is 16.4. The normalized spacial score (nSPS) is 31.3. The molecule has 1 heterocycles. The fraction of sp³-hybridized carbons (Fsp3) is 0.679. The van der Waals surface area contributed by atoms with Crippen molar-refractivity contribution in [2.75, 3.05) is 0 Å². The van der Waals surface area contributed by atoms with Gasteiger partial charge in [-0.3, -0.25) is 4.79 Å². The zero-order chi connectivity index (χ0) is 26.0. The van der Waals surface area contributed by atoms with Crippen molar-refractivity contribution in [3.05, 3.63) is 34.4 Å². The van der Waals surface area contributed by atoms with Gasteiger partial charge in [-0.05, 0) is 82.3 Å². The lowest BCUT2D eigenvalue weighted by Gasteiger charge is -2.41. The largest absolute Gasteiger partial charge is 0.504 e. The number of allylic oxidation sites excluding steroid dienone is 2. The number of aromatic hydroxyl groups is 1. The number of ether oxygens (including phenoxy) is 3. The second-order valence-electron chi connectivity index (χ2n) is 10.7. The Morgan fingerprint density at radius 2 is 1.89 bits per heavy atom. The minimum Gasteiger partial charge on any atom is -0.504 e. The highest BCUT2D eigenvalue weighted by atomic mass is 16.7. The van der Waals surface area contributed by atoms with Gasteiger partial charge in [-0.25, -0.2) is 0 Å². The van der Waals surface area contributed by atoms with Crippen LogP contribution in [0.25, 0.3) is 0 Å². The Kier molecular flexibility index (Phi) is 8.89. The Morgan fingerprint density at radius 1 is 1.20 bits per heavy atom. The van der Waals surface area contributed by atoms with E-state index in [0.717, 1.165) is 36.8 Å². The summed E-state index contributed by atoms with van der Waals surface area (Å²) in [4.78, 5) is 11.6. The highest BCUT2D eigenvalue weighted by Gasteiger charge is 2.47. The smallest absolute Gasteiger partial charge is 0.303 e. The Morgan fingerprint density at radius 3 is 2.51 bits per heavy atom. The zero-order valence-corrected chi connectivity index (χ0v) is 22.1. The average Bonchev–Trinajstić information content (AvgIpc) is 2.76. The number of hydrogen-bond acceptors (Lipinski definition) is 7. The highest BCUT2D eigenvalue weighted by Crippen LogP contribution is 2.51. The topological polar surface area (TPSA) is 105 Å². The SMILES string of the molecule is CC(=O)O[C@@H]1[C@H](Oc2c(C)cc3c(c2O)[C@@H](C)CC[C@@H]3[C@@H](C)CCC=C(C)C)O[C@@H](C)[C@@H](O)[C@H]1O. The van der Waals surface area contributed by atoms with Crippen molar-refractivity contribution in [1.82, 2.24) is 0 Å². The molecule has 3 rings (SSSR count). The third-order valence-electron chi connectivity index (χ3n) is 7.50. The van der Waals surface area contributed by atoms with Crippen molar-refractivity contribution in [2.45, 2.75) is 117 Å². The lowest BCUT2D eigenvalue weighted by molar-refractivity contribution is -0.273. The number of aliphatic hydroxyl groups excluding tert-OH is 2. The fourth-order valence-electron chi connectivity index (χ4n) is 5.48. The molecule has 8 atom stereocenters. The van der Waals surface area contributed by atoms with E-state index in [2.05, 4.69) is 39.8 Å². The van der Waals surface area contributed by atoms with Crippen molar-refractivity contribution in [2.24, 2.45) is 5.92 Å². The van der Waals surface area contributed by atoms with Gasteiger partial charge in [0, 0.05) is 12.5 Å². The van der Waals surface area contributed by atoms with E-state index >= 15 is 0 Å². The molecule has 196 valence electrons. The minimum atomic E-state index is -1.38. The number of aliphatic hydroxyl groups is 2. The molecular formula is C28H42O7. The van der Waals surface area contributed by atoms with E-state index in [1.165, 1.54) is 18.1 Å².